The van der Waals surface area contributed by atoms with Crippen molar-refractivity contribution in [2.24, 2.45) is 0 Å². The molecule has 0 aliphatic rings. The lowest BCUT2D eigenvalue weighted by Gasteiger charge is -2.17. The molecule has 0 bridgehead atoms. The third kappa shape index (κ3) is 9.86. The first-order valence-corrected chi connectivity index (χ1v) is 8.58. The summed E-state index contributed by atoms with van der Waals surface area (Å²) in [7, 11) is -3.12. The van der Waals surface area contributed by atoms with E-state index >= 15 is 0 Å². The normalized spacial score (nSPS) is 11.8. The molecule has 0 aliphatic heterocycles. The fourth-order valence-electron chi connectivity index (χ4n) is 1.51. The molecular formula is C12H26N2O4S. The van der Waals surface area contributed by atoms with E-state index < -0.39 is 10.0 Å². The van der Waals surface area contributed by atoms with Gasteiger partial charge in [0, 0.05) is 13.1 Å². The number of rotatable bonds is 11. The maximum Gasteiger partial charge on any atom is 0.319 e. The molecule has 0 rings (SSSR count). The zero-order valence-corrected chi connectivity index (χ0v) is 13.0. The minimum Gasteiger partial charge on any atom is -0.465 e. The molecule has 0 aliphatic carbocycles. The maximum absolute atomic E-state index is 11.3. The monoisotopic (exact) mass is 294 g/mol. The van der Waals surface area contributed by atoms with E-state index in [1.54, 1.807) is 6.92 Å². The van der Waals surface area contributed by atoms with Crippen molar-refractivity contribution in [2.75, 3.05) is 39.0 Å². The average Bonchev–Trinajstić information content (AvgIpc) is 2.32. The van der Waals surface area contributed by atoms with Gasteiger partial charge in [-0.2, -0.15) is 0 Å². The second kappa shape index (κ2) is 10.2. The Morgan fingerprint density at radius 3 is 2.47 bits per heavy atom. The lowest BCUT2D eigenvalue weighted by atomic mass is 10.4. The molecule has 19 heavy (non-hydrogen) atoms. The molecule has 0 saturated carbocycles. The van der Waals surface area contributed by atoms with Gasteiger partial charge in [0.05, 0.1) is 19.4 Å². The van der Waals surface area contributed by atoms with E-state index in [-0.39, 0.29) is 12.5 Å². The third-order valence-corrected chi connectivity index (χ3v) is 3.99. The molecule has 0 aromatic heterocycles. The molecule has 0 aromatic rings. The molecule has 1 N–H and O–H groups in total. The summed E-state index contributed by atoms with van der Waals surface area (Å²) in [6.45, 7) is 6.01. The average molecular weight is 294 g/mol. The summed E-state index contributed by atoms with van der Waals surface area (Å²) < 4.78 is 29.0. The van der Waals surface area contributed by atoms with E-state index in [1.165, 1.54) is 10.6 Å². The van der Waals surface area contributed by atoms with Crippen molar-refractivity contribution in [1.29, 1.82) is 0 Å². The van der Waals surface area contributed by atoms with Crippen LogP contribution >= 0.6 is 0 Å². The van der Waals surface area contributed by atoms with Gasteiger partial charge < -0.3 is 10.1 Å². The first-order valence-electron chi connectivity index (χ1n) is 6.73. The Bertz CT molecular complexity index is 344. The second-order valence-electron chi connectivity index (χ2n) is 4.36. The number of hydrogen-bond donors (Lipinski definition) is 1. The van der Waals surface area contributed by atoms with Crippen molar-refractivity contribution in [3.8, 4) is 0 Å². The van der Waals surface area contributed by atoms with Crippen molar-refractivity contribution >= 4 is 16.0 Å². The Hall–Kier alpha value is -0.660. The standard InChI is InChI=1S/C12H26N2O4S/c1-4-6-10-18-12(15)11-13-8-7-9-14(5-2)19(3,16)17/h13H,4-11H2,1-3H3. The molecule has 0 aromatic carbocycles. The SMILES string of the molecule is CCCCOC(=O)CNCCCN(CC)S(C)(=O)=O. The van der Waals surface area contributed by atoms with Gasteiger partial charge in [-0.1, -0.05) is 20.3 Å². The summed E-state index contributed by atoms with van der Waals surface area (Å²) in [5.41, 5.74) is 0. The van der Waals surface area contributed by atoms with Gasteiger partial charge in [-0.15, -0.1) is 0 Å². The summed E-state index contributed by atoms with van der Waals surface area (Å²) >= 11 is 0. The fourth-order valence-corrected chi connectivity index (χ4v) is 2.44. The molecule has 0 saturated heterocycles. The summed E-state index contributed by atoms with van der Waals surface area (Å²) in [5, 5.41) is 2.95. The van der Waals surface area contributed by atoms with Crippen molar-refractivity contribution in [3.63, 3.8) is 0 Å². The van der Waals surface area contributed by atoms with Crippen LogP contribution in [0.2, 0.25) is 0 Å². The maximum atomic E-state index is 11.3. The molecule has 0 heterocycles. The molecule has 0 amide bonds. The Labute approximate surface area is 116 Å². The van der Waals surface area contributed by atoms with Gasteiger partial charge in [-0.25, -0.2) is 12.7 Å². The van der Waals surface area contributed by atoms with Gasteiger partial charge in [0.25, 0.3) is 0 Å². The van der Waals surface area contributed by atoms with E-state index in [1.807, 2.05) is 6.92 Å². The number of hydrogen-bond acceptors (Lipinski definition) is 5. The van der Waals surface area contributed by atoms with E-state index in [2.05, 4.69) is 5.32 Å². The van der Waals surface area contributed by atoms with Crippen LogP contribution in [0.25, 0.3) is 0 Å². The van der Waals surface area contributed by atoms with Crippen LogP contribution in [-0.2, 0) is 19.6 Å². The highest BCUT2D eigenvalue weighted by molar-refractivity contribution is 7.88. The number of carbonyl (C=O) groups is 1. The van der Waals surface area contributed by atoms with Crippen LogP contribution in [0.1, 0.15) is 33.1 Å². The topological polar surface area (TPSA) is 75.7 Å². The Morgan fingerprint density at radius 1 is 1.26 bits per heavy atom. The predicted octanol–water partition coefficient (Wildman–Crippen LogP) is 0.591. The molecular weight excluding hydrogens is 268 g/mol. The van der Waals surface area contributed by atoms with Crippen molar-refractivity contribution in [2.45, 2.75) is 33.1 Å². The molecule has 114 valence electrons. The molecule has 6 nitrogen and oxygen atoms in total. The van der Waals surface area contributed by atoms with Gasteiger partial charge in [0.15, 0.2) is 0 Å². The number of nitrogens with zero attached hydrogens (tertiary/aromatic N) is 1. The number of esters is 1. The summed E-state index contributed by atoms with van der Waals surface area (Å²) in [5.74, 6) is -0.260. The van der Waals surface area contributed by atoms with E-state index in [0.717, 1.165) is 12.8 Å². The number of sulfonamides is 1. The first-order chi connectivity index (χ1) is 8.91. The van der Waals surface area contributed by atoms with Crippen LogP contribution in [0, 0.1) is 0 Å². The third-order valence-electron chi connectivity index (χ3n) is 2.61. The van der Waals surface area contributed by atoms with Gasteiger partial charge in [0.2, 0.25) is 10.0 Å². The van der Waals surface area contributed by atoms with Crippen LogP contribution in [0.4, 0.5) is 0 Å². The van der Waals surface area contributed by atoms with Gasteiger partial charge in [-0.3, -0.25) is 4.79 Å². The van der Waals surface area contributed by atoms with Crippen molar-refractivity contribution in [1.82, 2.24) is 9.62 Å². The highest BCUT2D eigenvalue weighted by Gasteiger charge is 2.13. The van der Waals surface area contributed by atoms with Crippen LogP contribution in [-0.4, -0.2) is 57.7 Å². The van der Waals surface area contributed by atoms with Gasteiger partial charge in [0.1, 0.15) is 0 Å². The molecule has 7 heteroatoms. The lowest BCUT2D eigenvalue weighted by molar-refractivity contribution is -0.142. The van der Waals surface area contributed by atoms with Crippen molar-refractivity contribution < 1.29 is 17.9 Å². The molecule has 0 atom stereocenters. The van der Waals surface area contributed by atoms with Crippen LogP contribution in [0.5, 0.6) is 0 Å². The first kappa shape index (κ1) is 18.3. The second-order valence-corrected chi connectivity index (χ2v) is 6.34. The Balaban J connectivity index is 3.62. The minimum absolute atomic E-state index is 0.175. The zero-order chi connectivity index (χ0) is 14.7. The molecule has 0 radical (unpaired) electrons. The molecule has 0 unspecified atom stereocenters. The van der Waals surface area contributed by atoms with Crippen LogP contribution in [0.3, 0.4) is 0 Å². The number of unbranched alkanes of at least 4 members (excludes halogenated alkanes) is 1. The minimum atomic E-state index is -3.12. The van der Waals surface area contributed by atoms with Crippen LogP contribution < -0.4 is 5.32 Å². The molecule has 0 fully saturated rings. The summed E-state index contributed by atoms with van der Waals surface area (Å²) in [6, 6.07) is 0. The largest absolute Gasteiger partial charge is 0.465 e. The van der Waals surface area contributed by atoms with Gasteiger partial charge in [-0.05, 0) is 19.4 Å². The van der Waals surface area contributed by atoms with E-state index in [9.17, 15) is 13.2 Å². The van der Waals surface area contributed by atoms with Crippen molar-refractivity contribution in [3.05, 3.63) is 0 Å². The Morgan fingerprint density at radius 2 is 1.95 bits per heavy atom. The highest BCUT2D eigenvalue weighted by atomic mass is 32.2. The quantitative estimate of drug-likeness (QED) is 0.446. The highest BCUT2D eigenvalue weighted by Crippen LogP contribution is 1.98. The van der Waals surface area contributed by atoms with Crippen LogP contribution in [0.15, 0.2) is 0 Å². The zero-order valence-electron chi connectivity index (χ0n) is 12.1. The van der Waals surface area contributed by atoms with E-state index in [0.29, 0.717) is 32.7 Å². The lowest BCUT2D eigenvalue weighted by Crippen LogP contribution is -2.33. The van der Waals surface area contributed by atoms with E-state index in [4.69, 9.17) is 4.74 Å². The number of ether oxygens (including phenoxy) is 1. The predicted molar refractivity (Wildman–Crippen MR) is 75.4 cm³/mol. The summed E-state index contributed by atoms with van der Waals surface area (Å²) in [6.07, 6.45) is 3.75. The van der Waals surface area contributed by atoms with Gasteiger partial charge >= 0.3 is 5.97 Å². The smallest absolute Gasteiger partial charge is 0.319 e. The molecule has 0 spiro atoms. The number of nitrogens with one attached hydrogen (secondary N) is 1. The fraction of sp³-hybridized carbons (Fsp3) is 0.917. The summed E-state index contributed by atoms with van der Waals surface area (Å²) in [4.78, 5) is 11.2. The Kier molecular flexibility index (Phi) is 9.81. The number of carbonyl (C=O) groups excluding carboxylic acids is 1.